The van der Waals surface area contributed by atoms with Crippen molar-refractivity contribution in [1.82, 2.24) is 15.7 Å². The lowest BCUT2D eigenvalue weighted by molar-refractivity contribution is 0.0377. The van der Waals surface area contributed by atoms with Crippen molar-refractivity contribution >= 4 is 23.7 Å². The minimum Gasteiger partial charge on any atom is -0.468 e. The highest BCUT2D eigenvalue weighted by atomic mass is 16.6. The van der Waals surface area contributed by atoms with Gasteiger partial charge in [0.1, 0.15) is 17.9 Å². The summed E-state index contributed by atoms with van der Waals surface area (Å²) in [6, 6.07) is 20.1. The minimum atomic E-state index is -0.639. The first kappa shape index (κ1) is 27.9. The summed E-state index contributed by atoms with van der Waals surface area (Å²) < 4.78 is 16.3. The molecule has 0 unspecified atom stereocenters. The third-order valence-electron chi connectivity index (χ3n) is 6.91. The molecule has 0 saturated heterocycles. The average molecular weight is 558 g/mol. The second-order valence-electron chi connectivity index (χ2n) is 11.0. The summed E-state index contributed by atoms with van der Waals surface area (Å²) in [5.41, 5.74) is 6.57. The standard InChI is InChI=1S/C31H35N5O5/c1-5-39-29(38)36-35-25-19-40-27-24(32-25)18-23(20-10-7-6-8-11-20)26(33-27)21-12-14-22(15-13-21)31(16-9-17-31)34-28(37)41-30(2,3)4/h6-8,10-15,18H,5,9,16-17,19H2,1-4H3,(H,32,35)(H,34,37)(H,36,38). The van der Waals surface area contributed by atoms with Crippen molar-refractivity contribution < 1.29 is 23.8 Å². The molecule has 2 amide bonds. The quantitative estimate of drug-likeness (QED) is 0.309. The number of hydrogen-bond donors (Lipinski definition) is 3. The molecule has 10 heteroatoms. The Morgan fingerprint density at radius 3 is 2.41 bits per heavy atom. The summed E-state index contributed by atoms with van der Waals surface area (Å²) >= 11 is 0. The number of alkyl carbamates (subject to hydrolysis) is 1. The number of carbonyl (C=O) groups excluding carboxylic acids is 2. The molecular formula is C31H35N5O5. The molecule has 1 fully saturated rings. The number of benzene rings is 2. The van der Waals surface area contributed by atoms with Gasteiger partial charge in [0.05, 0.1) is 17.8 Å². The van der Waals surface area contributed by atoms with Crippen LogP contribution in [0.15, 0.2) is 65.8 Å². The van der Waals surface area contributed by atoms with Gasteiger partial charge in [-0.1, -0.05) is 54.6 Å². The van der Waals surface area contributed by atoms with E-state index >= 15 is 0 Å². The molecule has 5 rings (SSSR count). The molecule has 3 N–H and O–H groups in total. The highest BCUT2D eigenvalue weighted by Gasteiger charge is 2.41. The summed E-state index contributed by atoms with van der Waals surface area (Å²) in [7, 11) is 0. The van der Waals surface area contributed by atoms with Crippen molar-refractivity contribution in [2.24, 2.45) is 5.10 Å². The van der Waals surface area contributed by atoms with E-state index in [1.807, 2.05) is 81.4 Å². The highest BCUT2D eigenvalue weighted by Crippen LogP contribution is 2.43. The molecular weight excluding hydrogens is 522 g/mol. The van der Waals surface area contributed by atoms with E-state index in [1.165, 1.54) is 0 Å². The van der Waals surface area contributed by atoms with Crippen LogP contribution in [0, 0.1) is 0 Å². The summed E-state index contributed by atoms with van der Waals surface area (Å²) in [5.74, 6) is 0.854. The number of carbonyl (C=O) groups is 2. The molecule has 1 saturated carbocycles. The Balaban J connectivity index is 1.44. The number of nitrogens with zero attached hydrogens (tertiary/aromatic N) is 2. The van der Waals surface area contributed by atoms with E-state index < -0.39 is 23.3 Å². The number of hydrogen-bond acceptors (Lipinski definition) is 7. The van der Waals surface area contributed by atoms with Crippen LogP contribution in [0.4, 0.5) is 15.3 Å². The molecule has 3 aromatic rings. The molecule has 0 atom stereocenters. The fourth-order valence-corrected chi connectivity index (χ4v) is 4.88. The lowest BCUT2D eigenvalue weighted by Crippen LogP contribution is -2.52. The number of amides is 2. The number of pyridine rings is 1. The van der Waals surface area contributed by atoms with E-state index in [0.29, 0.717) is 17.4 Å². The van der Waals surface area contributed by atoms with Crippen molar-refractivity contribution in [3.8, 4) is 28.3 Å². The van der Waals surface area contributed by atoms with Crippen molar-refractivity contribution in [3.63, 3.8) is 0 Å². The third-order valence-corrected chi connectivity index (χ3v) is 6.91. The van der Waals surface area contributed by atoms with Gasteiger partial charge in [0.2, 0.25) is 5.88 Å². The summed E-state index contributed by atoms with van der Waals surface area (Å²) in [4.78, 5) is 29.1. The van der Waals surface area contributed by atoms with Gasteiger partial charge >= 0.3 is 12.2 Å². The van der Waals surface area contributed by atoms with E-state index in [2.05, 4.69) is 21.2 Å². The van der Waals surface area contributed by atoms with E-state index in [9.17, 15) is 9.59 Å². The van der Waals surface area contributed by atoms with Crippen LogP contribution >= 0.6 is 0 Å². The van der Waals surface area contributed by atoms with Gasteiger partial charge in [-0.3, -0.25) is 0 Å². The smallest absolute Gasteiger partial charge is 0.427 e. The Morgan fingerprint density at radius 1 is 1.05 bits per heavy atom. The maximum Gasteiger partial charge on any atom is 0.427 e. The lowest BCUT2D eigenvalue weighted by Gasteiger charge is -2.43. The van der Waals surface area contributed by atoms with Crippen LogP contribution in [0.5, 0.6) is 5.88 Å². The molecule has 10 nitrogen and oxygen atoms in total. The maximum absolute atomic E-state index is 12.6. The fourth-order valence-electron chi connectivity index (χ4n) is 4.88. The van der Waals surface area contributed by atoms with E-state index in [0.717, 1.165) is 47.2 Å². The predicted molar refractivity (Wildman–Crippen MR) is 157 cm³/mol. The first-order valence-electron chi connectivity index (χ1n) is 13.8. The molecule has 0 bridgehead atoms. The highest BCUT2D eigenvalue weighted by molar-refractivity contribution is 6.01. The molecule has 0 radical (unpaired) electrons. The molecule has 41 heavy (non-hydrogen) atoms. The van der Waals surface area contributed by atoms with Crippen LogP contribution in [-0.2, 0) is 15.0 Å². The number of anilines is 1. The zero-order chi connectivity index (χ0) is 29.0. The second-order valence-corrected chi connectivity index (χ2v) is 11.0. The molecule has 1 aromatic heterocycles. The lowest BCUT2D eigenvalue weighted by atomic mass is 9.71. The number of amidine groups is 1. The van der Waals surface area contributed by atoms with Crippen molar-refractivity contribution in [1.29, 1.82) is 0 Å². The number of fused-ring (bicyclic) bond motifs is 1. The van der Waals surface area contributed by atoms with Gasteiger partial charge < -0.3 is 24.8 Å². The fraction of sp³-hybridized carbons (Fsp3) is 0.355. The monoisotopic (exact) mass is 557 g/mol. The van der Waals surface area contributed by atoms with E-state index in [1.54, 1.807) is 6.92 Å². The first-order chi connectivity index (χ1) is 19.7. The Bertz CT molecular complexity index is 1440. The van der Waals surface area contributed by atoms with Crippen LogP contribution < -0.4 is 20.8 Å². The molecule has 0 spiro atoms. The topological polar surface area (TPSA) is 123 Å². The number of hydrazone groups is 1. The van der Waals surface area contributed by atoms with Crippen LogP contribution in [0.2, 0.25) is 0 Å². The second kappa shape index (κ2) is 11.5. The SMILES string of the molecule is CCOC(=O)N/N=C1/COc2nc(-c3ccc(C4(NC(=O)OC(C)(C)C)CCC4)cc3)c(-c3ccccc3)cc2N1. The molecule has 1 aliphatic carbocycles. The Kier molecular flexibility index (Phi) is 7.83. The van der Waals surface area contributed by atoms with Crippen LogP contribution in [0.3, 0.4) is 0 Å². The zero-order valence-corrected chi connectivity index (χ0v) is 23.7. The van der Waals surface area contributed by atoms with E-state index in [4.69, 9.17) is 19.2 Å². The number of aromatic nitrogens is 1. The zero-order valence-electron chi connectivity index (χ0n) is 23.7. The Morgan fingerprint density at radius 2 is 1.78 bits per heavy atom. The first-order valence-corrected chi connectivity index (χ1v) is 13.8. The van der Waals surface area contributed by atoms with Crippen LogP contribution in [-0.4, -0.2) is 41.8 Å². The average Bonchev–Trinajstić information content (AvgIpc) is 2.93. The number of rotatable bonds is 6. The molecule has 2 aliphatic rings. The maximum atomic E-state index is 12.6. The van der Waals surface area contributed by atoms with Crippen molar-refractivity contribution in [2.75, 3.05) is 18.5 Å². The minimum absolute atomic E-state index is 0.105. The Hall–Kier alpha value is -4.60. The molecule has 1 aliphatic heterocycles. The molecule has 2 heterocycles. The number of ether oxygens (including phenoxy) is 3. The normalized spacial score (nSPS) is 16.3. The van der Waals surface area contributed by atoms with Crippen LogP contribution in [0.1, 0.15) is 52.5 Å². The van der Waals surface area contributed by atoms with Gasteiger partial charge in [0, 0.05) is 11.1 Å². The molecule has 214 valence electrons. The summed E-state index contributed by atoms with van der Waals surface area (Å²) in [6.07, 6.45) is 1.69. The van der Waals surface area contributed by atoms with E-state index in [-0.39, 0.29) is 13.2 Å². The predicted octanol–water partition coefficient (Wildman–Crippen LogP) is 6.18. The summed E-state index contributed by atoms with van der Waals surface area (Å²) in [5, 5.41) is 10.4. The van der Waals surface area contributed by atoms with Gasteiger partial charge in [0.25, 0.3) is 0 Å². The number of nitrogens with one attached hydrogen (secondary N) is 3. The van der Waals surface area contributed by atoms with Crippen LogP contribution in [0.25, 0.3) is 22.4 Å². The van der Waals surface area contributed by atoms with Gasteiger partial charge in [0.15, 0.2) is 5.84 Å². The largest absolute Gasteiger partial charge is 0.468 e. The van der Waals surface area contributed by atoms with Gasteiger partial charge in [-0.05, 0) is 64.2 Å². The van der Waals surface area contributed by atoms with Crippen molar-refractivity contribution in [2.45, 2.75) is 58.1 Å². The Labute approximate surface area is 239 Å². The van der Waals surface area contributed by atoms with Crippen molar-refractivity contribution in [3.05, 3.63) is 66.2 Å². The molecule has 2 aromatic carbocycles. The summed E-state index contributed by atoms with van der Waals surface area (Å²) in [6.45, 7) is 7.65. The van der Waals surface area contributed by atoms with Gasteiger partial charge in [-0.25, -0.2) is 20.0 Å². The third kappa shape index (κ3) is 6.42. The van der Waals surface area contributed by atoms with Gasteiger partial charge in [-0.15, -0.1) is 0 Å². The van der Waals surface area contributed by atoms with Gasteiger partial charge in [-0.2, -0.15) is 5.10 Å².